The first-order valence-corrected chi connectivity index (χ1v) is 9.20. The third-order valence-corrected chi connectivity index (χ3v) is 4.37. The van der Waals surface area contributed by atoms with E-state index < -0.39 is 0 Å². The fourth-order valence-corrected chi connectivity index (χ4v) is 3.06. The molecular weight excluding hydrogens is 361 g/mol. The van der Waals surface area contributed by atoms with Crippen LogP contribution >= 0.6 is 0 Å². The second-order valence-electron chi connectivity index (χ2n) is 6.32. The molecule has 0 saturated carbocycles. The van der Waals surface area contributed by atoms with Crippen LogP contribution in [0.4, 0.5) is 10.2 Å². The van der Waals surface area contributed by atoms with E-state index in [0.717, 1.165) is 40.9 Å². The molecule has 2 heterocycles. The Morgan fingerprint density at radius 3 is 2.61 bits per heavy atom. The lowest BCUT2D eigenvalue weighted by Gasteiger charge is -2.15. The maximum Gasteiger partial charge on any atom is 0.145 e. The number of anilines is 1. The molecule has 3 aromatic rings. The number of halogens is 1. The molecule has 0 radical (unpaired) electrons. The normalized spacial score (nSPS) is 15.8. The van der Waals surface area contributed by atoms with Crippen LogP contribution in [0.5, 0.6) is 5.75 Å². The molecule has 4 rings (SSSR count). The number of methoxy groups -OCH3 is 1. The Hall–Kier alpha value is -2.77. The standard InChI is InChI=1S/C19H18FN3O2.C2H6O/c1-24-17-9-13(12-2-4-14(20)5-3-12)8-16-18(17)21-11-22-19(16)23-15-6-7-25-10-15;1-2-3/h2-5,8-9,11,15H,6-7,10H2,1H3,(H,21,22,23);3H,2H2,1H3. The minimum Gasteiger partial charge on any atom is -0.494 e. The van der Waals surface area contributed by atoms with Crippen LogP contribution < -0.4 is 10.1 Å². The van der Waals surface area contributed by atoms with Gasteiger partial charge in [0.15, 0.2) is 0 Å². The van der Waals surface area contributed by atoms with Crippen molar-refractivity contribution in [1.82, 2.24) is 9.97 Å². The van der Waals surface area contributed by atoms with Gasteiger partial charge in [-0.2, -0.15) is 0 Å². The third kappa shape index (κ3) is 4.55. The highest BCUT2D eigenvalue weighted by atomic mass is 19.1. The number of ether oxygens (including phenoxy) is 2. The number of aliphatic hydroxyl groups is 1. The molecular formula is C21H24FN3O3. The van der Waals surface area contributed by atoms with Crippen LogP contribution in [0.25, 0.3) is 22.0 Å². The molecule has 148 valence electrons. The fraction of sp³-hybridized carbons (Fsp3) is 0.333. The van der Waals surface area contributed by atoms with E-state index in [-0.39, 0.29) is 18.5 Å². The van der Waals surface area contributed by atoms with Crippen LogP contribution in [0.15, 0.2) is 42.7 Å². The summed E-state index contributed by atoms with van der Waals surface area (Å²) in [6.45, 7) is 3.35. The number of rotatable bonds is 4. The van der Waals surface area contributed by atoms with Crippen molar-refractivity contribution in [3.63, 3.8) is 0 Å². The van der Waals surface area contributed by atoms with Gasteiger partial charge in [0, 0.05) is 18.6 Å². The summed E-state index contributed by atoms with van der Waals surface area (Å²) < 4.78 is 24.2. The van der Waals surface area contributed by atoms with Crippen LogP contribution in [0.2, 0.25) is 0 Å². The highest BCUT2D eigenvalue weighted by Crippen LogP contribution is 2.34. The van der Waals surface area contributed by atoms with Gasteiger partial charge in [-0.15, -0.1) is 0 Å². The number of hydrogen-bond donors (Lipinski definition) is 2. The van der Waals surface area contributed by atoms with Crippen molar-refractivity contribution in [2.75, 3.05) is 32.2 Å². The molecule has 28 heavy (non-hydrogen) atoms. The summed E-state index contributed by atoms with van der Waals surface area (Å²) in [6.07, 6.45) is 2.47. The summed E-state index contributed by atoms with van der Waals surface area (Å²) in [5.74, 6) is 1.15. The predicted octanol–water partition coefficient (Wildman–Crippen LogP) is 3.64. The number of nitrogens with one attached hydrogen (secondary N) is 1. The quantitative estimate of drug-likeness (QED) is 0.714. The highest BCUT2D eigenvalue weighted by Gasteiger charge is 2.18. The van der Waals surface area contributed by atoms with Crippen LogP contribution in [0, 0.1) is 5.82 Å². The Morgan fingerprint density at radius 1 is 1.21 bits per heavy atom. The first-order valence-electron chi connectivity index (χ1n) is 9.20. The van der Waals surface area contributed by atoms with Gasteiger partial charge in [-0.25, -0.2) is 14.4 Å². The molecule has 2 aromatic carbocycles. The number of hydrogen-bond acceptors (Lipinski definition) is 6. The Kier molecular flexibility index (Phi) is 6.73. The molecule has 7 heteroatoms. The molecule has 6 nitrogen and oxygen atoms in total. The fourth-order valence-electron chi connectivity index (χ4n) is 3.06. The Morgan fingerprint density at radius 2 is 1.96 bits per heavy atom. The van der Waals surface area contributed by atoms with Crippen molar-refractivity contribution < 1.29 is 19.0 Å². The monoisotopic (exact) mass is 385 g/mol. The number of nitrogens with zero attached hydrogens (tertiary/aromatic N) is 2. The number of fused-ring (bicyclic) bond motifs is 1. The molecule has 0 bridgehead atoms. The van der Waals surface area contributed by atoms with Gasteiger partial charge in [-0.3, -0.25) is 0 Å². The largest absolute Gasteiger partial charge is 0.494 e. The van der Waals surface area contributed by atoms with Crippen molar-refractivity contribution in [1.29, 1.82) is 0 Å². The molecule has 1 aromatic heterocycles. The van der Waals surface area contributed by atoms with Crippen molar-refractivity contribution in [3.8, 4) is 16.9 Å². The third-order valence-electron chi connectivity index (χ3n) is 4.37. The Balaban J connectivity index is 0.000000706. The zero-order chi connectivity index (χ0) is 19.9. The van der Waals surface area contributed by atoms with E-state index in [1.165, 1.54) is 18.5 Å². The smallest absolute Gasteiger partial charge is 0.145 e. The van der Waals surface area contributed by atoms with Crippen LogP contribution in [-0.2, 0) is 4.74 Å². The molecule has 2 N–H and O–H groups in total. The SMILES string of the molecule is CCO.COc1cc(-c2ccc(F)cc2)cc2c(NC3CCOC3)ncnc12. The summed E-state index contributed by atoms with van der Waals surface area (Å²) >= 11 is 0. The first kappa shape index (κ1) is 20.0. The lowest BCUT2D eigenvalue weighted by Crippen LogP contribution is -2.20. The van der Waals surface area contributed by atoms with Crippen LogP contribution in [0.3, 0.4) is 0 Å². The molecule has 1 unspecified atom stereocenters. The summed E-state index contributed by atoms with van der Waals surface area (Å²) in [5.41, 5.74) is 2.57. The average Bonchev–Trinajstić information content (AvgIpc) is 3.22. The van der Waals surface area contributed by atoms with E-state index in [0.29, 0.717) is 12.4 Å². The number of benzene rings is 2. The minimum atomic E-state index is -0.261. The van der Waals surface area contributed by atoms with Crippen LogP contribution in [-0.4, -0.2) is 48.0 Å². The maximum absolute atomic E-state index is 13.2. The van der Waals surface area contributed by atoms with E-state index in [4.69, 9.17) is 14.6 Å². The zero-order valence-electron chi connectivity index (χ0n) is 16.0. The minimum absolute atomic E-state index is 0.235. The molecule has 1 aliphatic rings. The van der Waals surface area contributed by atoms with E-state index in [1.54, 1.807) is 26.2 Å². The van der Waals surface area contributed by atoms with Gasteiger partial charge in [-0.05, 0) is 48.7 Å². The number of aliphatic hydroxyl groups excluding tert-OH is 1. The molecule has 0 aliphatic carbocycles. The molecule has 0 amide bonds. The number of aromatic nitrogens is 2. The van der Waals surface area contributed by atoms with Gasteiger partial charge in [0.2, 0.25) is 0 Å². The summed E-state index contributed by atoms with van der Waals surface area (Å²) in [4.78, 5) is 8.77. The van der Waals surface area contributed by atoms with Crippen LogP contribution in [0.1, 0.15) is 13.3 Å². The van der Waals surface area contributed by atoms with Crippen molar-refractivity contribution >= 4 is 16.7 Å². The van der Waals surface area contributed by atoms with Gasteiger partial charge in [0.25, 0.3) is 0 Å². The Bertz CT molecular complexity index is 913. The summed E-state index contributed by atoms with van der Waals surface area (Å²) in [6, 6.07) is 10.5. The van der Waals surface area contributed by atoms with Gasteiger partial charge in [0.1, 0.15) is 29.2 Å². The second kappa shape index (κ2) is 9.43. The average molecular weight is 385 g/mol. The predicted molar refractivity (Wildman–Crippen MR) is 107 cm³/mol. The highest BCUT2D eigenvalue weighted by molar-refractivity contribution is 5.96. The lowest BCUT2D eigenvalue weighted by molar-refractivity contribution is 0.195. The van der Waals surface area contributed by atoms with Gasteiger partial charge < -0.3 is 19.9 Å². The molecule has 1 aliphatic heterocycles. The van der Waals surface area contributed by atoms with Crippen molar-refractivity contribution in [2.24, 2.45) is 0 Å². The van der Waals surface area contributed by atoms with Crippen molar-refractivity contribution in [3.05, 3.63) is 48.5 Å². The second-order valence-corrected chi connectivity index (χ2v) is 6.32. The van der Waals surface area contributed by atoms with E-state index >= 15 is 0 Å². The molecule has 0 spiro atoms. The molecule has 1 atom stereocenters. The Labute approximate surface area is 163 Å². The summed E-state index contributed by atoms with van der Waals surface area (Å²) in [7, 11) is 1.61. The van der Waals surface area contributed by atoms with Gasteiger partial charge in [0.05, 0.1) is 19.8 Å². The van der Waals surface area contributed by atoms with E-state index in [2.05, 4.69) is 15.3 Å². The van der Waals surface area contributed by atoms with E-state index in [9.17, 15) is 4.39 Å². The topological polar surface area (TPSA) is 76.5 Å². The molecule has 1 fully saturated rings. The van der Waals surface area contributed by atoms with Gasteiger partial charge >= 0.3 is 0 Å². The molecule has 1 saturated heterocycles. The van der Waals surface area contributed by atoms with Crippen molar-refractivity contribution in [2.45, 2.75) is 19.4 Å². The lowest BCUT2D eigenvalue weighted by atomic mass is 10.0. The summed E-state index contributed by atoms with van der Waals surface area (Å²) in [5, 5.41) is 11.9. The zero-order valence-corrected chi connectivity index (χ0v) is 16.0. The van der Waals surface area contributed by atoms with E-state index in [1.807, 2.05) is 12.1 Å². The maximum atomic E-state index is 13.2. The van der Waals surface area contributed by atoms with Gasteiger partial charge in [-0.1, -0.05) is 12.1 Å². The first-order chi connectivity index (χ1) is 13.7.